The summed E-state index contributed by atoms with van der Waals surface area (Å²) in [6, 6.07) is 5.53. The van der Waals surface area contributed by atoms with Gasteiger partial charge in [-0.05, 0) is 31.0 Å². The zero-order chi connectivity index (χ0) is 13.1. The van der Waals surface area contributed by atoms with Gasteiger partial charge in [-0.1, -0.05) is 30.9 Å². The largest absolute Gasteiger partial charge is 0.478 e. The van der Waals surface area contributed by atoms with Crippen LogP contribution in [0.25, 0.3) is 0 Å². The van der Waals surface area contributed by atoms with Gasteiger partial charge in [0, 0.05) is 18.1 Å². The van der Waals surface area contributed by atoms with Gasteiger partial charge in [-0.3, -0.25) is 0 Å². The second-order valence-corrected chi connectivity index (χ2v) is 5.31. The SMILES string of the molecule is CN(c1ccc(Cl)cc1C(=O)O)C1CCCCC1. The van der Waals surface area contributed by atoms with Gasteiger partial charge in [0.15, 0.2) is 0 Å². The summed E-state index contributed by atoms with van der Waals surface area (Å²) in [5, 5.41) is 9.72. The molecule has 0 unspecified atom stereocenters. The summed E-state index contributed by atoms with van der Waals surface area (Å²) in [4.78, 5) is 13.4. The highest BCUT2D eigenvalue weighted by atomic mass is 35.5. The van der Waals surface area contributed by atoms with E-state index in [0.717, 1.165) is 18.5 Å². The highest BCUT2D eigenvalue weighted by Gasteiger charge is 2.22. The lowest BCUT2D eigenvalue weighted by atomic mass is 9.94. The molecule has 0 bridgehead atoms. The van der Waals surface area contributed by atoms with E-state index in [9.17, 15) is 9.90 Å². The highest BCUT2D eigenvalue weighted by molar-refractivity contribution is 6.31. The van der Waals surface area contributed by atoms with Crippen molar-refractivity contribution in [3.8, 4) is 0 Å². The van der Waals surface area contributed by atoms with Crippen LogP contribution in [0.15, 0.2) is 18.2 Å². The first kappa shape index (κ1) is 13.2. The number of anilines is 1. The van der Waals surface area contributed by atoms with Crippen LogP contribution >= 0.6 is 11.6 Å². The number of carboxylic acid groups (broad SMARTS) is 1. The number of rotatable bonds is 3. The summed E-state index contributed by atoms with van der Waals surface area (Å²) in [5.41, 5.74) is 1.05. The lowest BCUT2D eigenvalue weighted by molar-refractivity contribution is 0.0697. The number of benzene rings is 1. The van der Waals surface area contributed by atoms with E-state index in [-0.39, 0.29) is 5.56 Å². The van der Waals surface area contributed by atoms with Crippen LogP contribution in [0, 0.1) is 0 Å². The van der Waals surface area contributed by atoms with E-state index in [1.807, 2.05) is 7.05 Å². The van der Waals surface area contributed by atoms with Gasteiger partial charge in [-0.15, -0.1) is 0 Å². The molecule has 1 aliphatic carbocycles. The molecule has 4 heteroatoms. The standard InChI is InChI=1S/C14H18ClNO2/c1-16(11-5-3-2-4-6-11)13-8-7-10(15)9-12(13)14(17)18/h7-9,11H,2-6H2,1H3,(H,17,18). The number of carboxylic acids is 1. The van der Waals surface area contributed by atoms with Gasteiger partial charge >= 0.3 is 5.97 Å². The fraction of sp³-hybridized carbons (Fsp3) is 0.500. The number of nitrogens with zero attached hydrogens (tertiary/aromatic N) is 1. The van der Waals surface area contributed by atoms with E-state index < -0.39 is 5.97 Å². The molecule has 3 nitrogen and oxygen atoms in total. The van der Waals surface area contributed by atoms with Crippen molar-refractivity contribution < 1.29 is 9.90 Å². The van der Waals surface area contributed by atoms with Crippen LogP contribution in [0.4, 0.5) is 5.69 Å². The molecule has 18 heavy (non-hydrogen) atoms. The quantitative estimate of drug-likeness (QED) is 0.905. The molecule has 1 aromatic carbocycles. The first-order valence-corrected chi connectivity index (χ1v) is 6.73. The molecule has 1 aliphatic rings. The number of carbonyl (C=O) groups is 1. The lowest BCUT2D eigenvalue weighted by Gasteiger charge is -2.33. The zero-order valence-corrected chi connectivity index (χ0v) is 11.3. The molecule has 0 aromatic heterocycles. The number of hydrogen-bond acceptors (Lipinski definition) is 2. The van der Waals surface area contributed by atoms with E-state index in [0.29, 0.717) is 11.1 Å². The van der Waals surface area contributed by atoms with Crippen molar-refractivity contribution in [1.29, 1.82) is 0 Å². The second kappa shape index (κ2) is 5.61. The summed E-state index contributed by atoms with van der Waals surface area (Å²) in [7, 11) is 1.98. The maximum Gasteiger partial charge on any atom is 0.337 e. The maximum atomic E-state index is 11.3. The summed E-state index contributed by atoms with van der Waals surface area (Å²) < 4.78 is 0. The van der Waals surface area contributed by atoms with E-state index >= 15 is 0 Å². The average molecular weight is 268 g/mol. The van der Waals surface area contributed by atoms with Crippen molar-refractivity contribution in [3.63, 3.8) is 0 Å². The minimum atomic E-state index is -0.921. The Hall–Kier alpha value is -1.22. The minimum Gasteiger partial charge on any atom is -0.478 e. The van der Waals surface area contributed by atoms with Gasteiger partial charge in [-0.2, -0.15) is 0 Å². The van der Waals surface area contributed by atoms with Gasteiger partial charge in [0.25, 0.3) is 0 Å². The van der Waals surface area contributed by atoms with Crippen LogP contribution < -0.4 is 4.90 Å². The topological polar surface area (TPSA) is 40.5 Å². The van der Waals surface area contributed by atoms with Crippen LogP contribution in [0.3, 0.4) is 0 Å². The molecule has 0 amide bonds. The van der Waals surface area contributed by atoms with E-state index in [2.05, 4.69) is 4.90 Å². The third-order valence-corrected chi connectivity index (χ3v) is 3.93. The second-order valence-electron chi connectivity index (χ2n) is 4.87. The van der Waals surface area contributed by atoms with E-state index in [4.69, 9.17) is 11.6 Å². The molecule has 0 heterocycles. The molecule has 98 valence electrons. The average Bonchev–Trinajstić information content (AvgIpc) is 2.39. The van der Waals surface area contributed by atoms with Crippen LogP contribution in [-0.4, -0.2) is 24.2 Å². The third-order valence-electron chi connectivity index (χ3n) is 3.69. The first-order chi connectivity index (χ1) is 8.59. The molecule has 0 spiro atoms. The van der Waals surface area contributed by atoms with Crippen molar-refractivity contribution in [2.24, 2.45) is 0 Å². The van der Waals surface area contributed by atoms with E-state index in [1.165, 1.54) is 25.3 Å². The van der Waals surface area contributed by atoms with Crippen molar-refractivity contribution in [3.05, 3.63) is 28.8 Å². The fourth-order valence-corrected chi connectivity index (χ4v) is 2.82. The van der Waals surface area contributed by atoms with Crippen LogP contribution in [0.1, 0.15) is 42.5 Å². The van der Waals surface area contributed by atoms with Gasteiger partial charge in [-0.25, -0.2) is 4.79 Å². The molecule has 1 N–H and O–H groups in total. The Morgan fingerprint density at radius 2 is 2.00 bits per heavy atom. The van der Waals surface area contributed by atoms with Gasteiger partial charge < -0.3 is 10.0 Å². The molecule has 2 rings (SSSR count). The normalized spacial score (nSPS) is 16.6. The Kier molecular flexibility index (Phi) is 4.12. The monoisotopic (exact) mass is 267 g/mol. The molecular formula is C14H18ClNO2. The van der Waals surface area contributed by atoms with Crippen molar-refractivity contribution in [1.82, 2.24) is 0 Å². The Morgan fingerprint density at radius 3 is 2.61 bits per heavy atom. The van der Waals surface area contributed by atoms with Crippen molar-refractivity contribution >= 4 is 23.3 Å². The summed E-state index contributed by atoms with van der Waals surface area (Å²) >= 11 is 5.87. The predicted octanol–water partition coefficient (Wildman–Crippen LogP) is 3.81. The van der Waals surface area contributed by atoms with Gasteiger partial charge in [0.2, 0.25) is 0 Å². The van der Waals surface area contributed by atoms with Crippen LogP contribution in [0.5, 0.6) is 0 Å². The number of hydrogen-bond donors (Lipinski definition) is 1. The maximum absolute atomic E-state index is 11.3. The highest BCUT2D eigenvalue weighted by Crippen LogP contribution is 2.30. The van der Waals surface area contributed by atoms with Gasteiger partial charge in [0.05, 0.1) is 11.3 Å². The fourth-order valence-electron chi connectivity index (χ4n) is 2.65. The molecular weight excluding hydrogens is 250 g/mol. The molecule has 0 aliphatic heterocycles. The zero-order valence-electron chi connectivity index (χ0n) is 10.5. The Morgan fingerprint density at radius 1 is 1.33 bits per heavy atom. The van der Waals surface area contributed by atoms with Crippen molar-refractivity contribution in [2.75, 3.05) is 11.9 Å². The Balaban J connectivity index is 2.28. The predicted molar refractivity (Wildman–Crippen MR) is 73.7 cm³/mol. The van der Waals surface area contributed by atoms with Crippen molar-refractivity contribution in [2.45, 2.75) is 38.1 Å². The third kappa shape index (κ3) is 2.78. The molecule has 0 saturated heterocycles. The summed E-state index contributed by atoms with van der Waals surface area (Å²) in [6.07, 6.45) is 6.02. The molecule has 0 atom stereocenters. The Labute approximate surface area is 112 Å². The van der Waals surface area contributed by atoms with Crippen LogP contribution in [-0.2, 0) is 0 Å². The smallest absolute Gasteiger partial charge is 0.337 e. The summed E-state index contributed by atoms with van der Waals surface area (Å²) in [6.45, 7) is 0. The molecule has 1 saturated carbocycles. The number of aromatic carboxylic acids is 1. The van der Waals surface area contributed by atoms with E-state index in [1.54, 1.807) is 12.1 Å². The first-order valence-electron chi connectivity index (χ1n) is 6.35. The molecule has 0 radical (unpaired) electrons. The van der Waals surface area contributed by atoms with Crippen LogP contribution in [0.2, 0.25) is 5.02 Å². The lowest BCUT2D eigenvalue weighted by Crippen LogP contribution is -2.34. The molecule has 1 aromatic rings. The Bertz CT molecular complexity index is 441. The summed E-state index contributed by atoms with van der Waals surface area (Å²) in [5.74, 6) is -0.921. The number of halogens is 1. The molecule has 1 fully saturated rings. The minimum absolute atomic E-state index is 0.288. The van der Waals surface area contributed by atoms with Gasteiger partial charge in [0.1, 0.15) is 0 Å².